The number of piperidine rings is 2. The summed E-state index contributed by atoms with van der Waals surface area (Å²) in [4.78, 5) is 59.6. The van der Waals surface area contributed by atoms with E-state index in [2.05, 4.69) is 25.8 Å². The second kappa shape index (κ2) is 16.9. The number of carbonyl (C=O) groups excluding carboxylic acids is 4. The Kier molecular flexibility index (Phi) is 12.2. The minimum Gasteiger partial charge on any atom is -0.493 e. The molecule has 4 amide bonds. The molecule has 2 aromatic carbocycles. The quantitative estimate of drug-likeness (QED) is 0.147. The summed E-state index contributed by atoms with van der Waals surface area (Å²) in [6.45, 7) is 9.47. The van der Waals surface area contributed by atoms with Gasteiger partial charge in [-0.3, -0.25) is 34.3 Å². The number of aryl methyl sites for hydroxylation is 1. The second-order valence-corrected chi connectivity index (χ2v) is 15.6. The van der Waals surface area contributed by atoms with Gasteiger partial charge in [0.2, 0.25) is 17.7 Å². The van der Waals surface area contributed by atoms with Crippen molar-refractivity contribution in [2.75, 3.05) is 40.1 Å². The van der Waals surface area contributed by atoms with E-state index in [0.717, 1.165) is 49.7 Å². The number of rotatable bonds is 12. The maximum Gasteiger partial charge on any atom is 0.259 e. The molecule has 3 aliphatic rings. The smallest absolute Gasteiger partial charge is 0.259 e. The molecule has 0 radical (unpaired) electrons. The number of thiocarbonyl (C=S) groups is 1. The van der Waals surface area contributed by atoms with Crippen LogP contribution >= 0.6 is 23.8 Å². The number of halogens is 2. The lowest BCUT2D eigenvalue weighted by atomic mass is 9.93. The molecule has 0 spiro atoms. The number of nitrogens with one attached hydrogen (secondary N) is 3. The van der Waals surface area contributed by atoms with Crippen molar-refractivity contribution in [3.63, 3.8) is 0 Å². The van der Waals surface area contributed by atoms with E-state index in [4.69, 9.17) is 33.8 Å². The molecule has 56 heavy (non-hydrogen) atoms. The lowest BCUT2D eigenvalue weighted by Gasteiger charge is -2.35. The van der Waals surface area contributed by atoms with Crippen LogP contribution in [0.15, 0.2) is 48.7 Å². The third-order valence-electron chi connectivity index (χ3n) is 10.6. The summed E-state index contributed by atoms with van der Waals surface area (Å²) in [5.74, 6) is -0.839. The molecule has 0 aliphatic carbocycles. The molecule has 0 saturated carbocycles. The Morgan fingerprint density at radius 3 is 2.54 bits per heavy atom. The predicted octanol–water partition coefficient (Wildman–Crippen LogP) is 5.95. The van der Waals surface area contributed by atoms with Crippen LogP contribution in [0.4, 0.5) is 27.1 Å². The van der Waals surface area contributed by atoms with Crippen LogP contribution in [-0.2, 0) is 25.6 Å². The average Bonchev–Trinajstić information content (AvgIpc) is 3.34. The van der Waals surface area contributed by atoms with Crippen LogP contribution in [0.1, 0.15) is 71.1 Å². The molecule has 0 bridgehead atoms. The van der Waals surface area contributed by atoms with Gasteiger partial charge < -0.3 is 20.3 Å². The number of anilines is 4. The summed E-state index contributed by atoms with van der Waals surface area (Å²) in [7, 11) is 0. The predicted molar refractivity (Wildman–Crippen MR) is 215 cm³/mol. The highest BCUT2D eigenvalue weighted by atomic mass is 35.5. The van der Waals surface area contributed by atoms with Crippen molar-refractivity contribution < 1.29 is 28.3 Å². The Labute approximate surface area is 335 Å². The zero-order valence-corrected chi connectivity index (χ0v) is 33.2. The molecule has 6 rings (SSSR count). The van der Waals surface area contributed by atoms with Crippen LogP contribution in [0, 0.1) is 23.1 Å². The van der Waals surface area contributed by atoms with Gasteiger partial charge in [-0.15, -0.1) is 0 Å². The highest BCUT2D eigenvalue weighted by Crippen LogP contribution is 2.38. The minimum atomic E-state index is -1.07. The van der Waals surface area contributed by atoms with Gasteiger partial charge in [0.05, 0.1) is 24.5 Å². The SMILES string of the molecule is CCc1cc(N2C(=S)N(c3cnc(C#N)c(F)c3)C(=O)C2(C)C)ccc1OCCC1CCN([C@@H](C)C(=O)Nc2cc(Cl)cc(NC3CCC(=O)NC3=O)c2)CC1. The summed E-state index contributed by atoms with van der Waals surface area (Å²) in [5, 5.41) is 18.0. The third-order valence-corrected chi connectivity index (χ3v) is 11.2. The van der Waals surface area contributed by atoms with Gasteiger partial charge in [0, 0.05) is 34.6 Å². The molecule has 3 saturated heterocycles. The summed E-state index contributed by atoms with van der Waals surface area (Å²) in [5.41, 5.74) is 1.45. The van der Waals surface area contributed by atoms with Crippen molar-refractivity contribution in [2.45, 2.75) is 83.8 Å². The number of aromatic nitrogens is 1. The fourth-order valence-electron chi connectivity index (χ4n) is 7.37. The average molecular weight is 803 g/mol. The summed E-state index contributed by atoms with van der Waals surface area (Å²) < 4.78 is 20.7. The van der Waals surface area contributed by atoms with Crippen molar-refractivity contribution in [1.29, 1.82) is 5.26 Å². The van der Waals surface area contributed by atoms with Gasteiger partial charge in [-0.05, 0) is 126 Å². The van der Waals surface area contributed by atoms with Crippen LogP contribution in [0.3, 0.4) is 0 Å². The van der Waals surface area contributed by atoms with Gasteiger partial charge >= 0.3 is 0 Å². The highest BCUT2D eigenvalue weighted by Gasteiger charge is 2.50. The maximum atomic E-state index is 14.4. The number of hydrogen-bond acceptors (Lipinski definition) is 10. The molecule has 4 heterocycles. The number of likely N-dealkylation sites (tertiary alicyclic amines) is 1. The van der Waals surface area contributed by atoms with E-state index in [1.807, 2.05) is 32.0 Å². The Morgan fingerprint density at radius 2 is 1.86 bits per heavy atom. The lowest BCUT2D eigenvalue weighted by Crippen LogP contribution is -2.47. The first-order valence-corrected chi connectivity index (χ1v) is 19.4. The van der Waals surface area contributed by atoms with Crippen molar-refractivity contribution in [1.82, 2.24) is 15.2 Å². The number of imide groups is 1. The summed E-state index contributed by atoms with van der Waals surface area (Å²) in [6.07, 6.45) is 5.26. The van der Waals surface area contributed by atoms with Crippen LogP contribution < -0.4 is 30.5 Å². The number of benzene rings is 2. The first kappa shape index (κ1) is 40.5. The van der Waals surface area contributed by atoms with E-state index in [1.54, 1.807) is 43.0 Å². The van der Waals surface area contributed by atoms with E-state index in [9.17, 15) is 23.6 Å². The molecule has 294 valence electrons. The van der Waals surface area contributed by atoms with Gasteiger partial charge in [-0.1, -0.05) is 18.5 Å². The number of nitriles is 1. The van der Waals surface area contributed by atoms with Gasteiger partial charge in [0.1, 0.15) is 23.4 Å². The van der Waals surface area contributed by atoms with Gasteiger partial charge in [-0.2, -0.15) is 5.26 Å². The zero-order chi connectivity index (χ0) is 40.3. The molecule has 3 aromatic rings. The maximum absolute atomic E-state index is 14.4. The standard InChI is InChI=1S/C40H44ClFN8O5S/c1-5-25-16-29(50-39(56)49(38(54)40(50,3)4)30-20-31(42)33(21-43)44-22-30)6-8-34(25)55-15-12-24-10-13-48(14-11-24)23(2)36(52)46-28-18-26(41)17-27(19-28)45-32-7-9-35(51)47-37(32)53/h6,8,16-20,22-24,32,45H,5,7,9-15H2,1-4H3,(H,46,52)(H,47,51,53)/t23-,32?/m0/s1. The summed E-state index contributed by atoms with van der Waals surface area (Å²) in [6, 6.07) is 12.6. The number of ether oxygens (including phenoxy) is 1. The molecule has 3 N–H and O–H groups in total. The van der Waals surface area contributed by atoms with Crippen molar-refractivity contribution in [3.8, 4) is 11.8 Å². The van der Waals surface area contributed by atoms with E-state index in [-0.39, 0.29) is 46.7 Å². The van der Waals surface area contributed by atoms with Gasteiger partial charge in [0.15, 0.2) is 16.6 Å². The van der Waals surface area contributed by atoms with Crippen molar-refractivity contribution >= 4 is 75.3 Å². The lowest BCUT2D eigenvalue weighted by molar-refractivity contribution is -0.133. The summed E-state index contributed by atoms with van der Waals surface area (Å²) >= 11 is 12.1. The fraction of sp³-hybridized carbons (Fsp3) is 0.425. The van der Waals surface area contributed by atoms with Crippen LogP contribution in [-0.4, -0.2) is 75.9 Å². The Bertz CT molecular complexity index is 2100. The molecular weight excluding hydrogens is 759 g/mol. The molecule has 1 unspecified atom stereocenters. The second-order valence-electron chi connectivity index (χ2n) is 14.8. The minimum absolute atomic E-state index is 0.153. The van der Waals surface area contributed by atoms with Gasteiger partial charge in [-0.25, -0.2) is 9.37 Å². The number of pyridine rings is 1. The molecule has 13 nitrogen and oxygen atoms in total. The van der Waals surface area contributed by atoms with E-state index in [1.165, 1.54) is 11.1 Å². The topological polar surface area (TPSA) is 160 Å². The Balaban J connectivity index is 0.998. The van der Waals surface area contributed by atoms with Crippen molar-refractivity contribution in [2.24, 2.45) is 5.92 Å². The Hall–Kier alpha value is -5.17. The number of carbonyl (C=O) groups is 4. The zero-order valence-electron chi connectivity index (χ0n) is 31.7. The van der Waals surface area contributed by atoms with Gasteiger partial charge in [0.25, 0.3) is 5.91 Å². The molecule has 16 heteroatoms. The fourth-order valence-corrected chi connectivity index (χ4v) is 8.12. The third kappa shape index (κ3) is 8.62. The van der Waals surface area contributed by atoms with Crippen molar-refractivity contribution in [3.05, 3.63) is 70.8 Å². The van der Waals surface area contributed by atoms with E-state index in [0.29, 0.717) is 47.5 Å². The van der Waals surface area contributed by atoms with Crippen LogP contribution in [0.5, 0.6) is 5.75 Å². The highest BCUT2D eigenvalue weighted by molar-refractivity contribution is 7.81. The molecule has 3 aliphatic heterocycles. The Morgan fingerprint density at radius 1 is 1.12 bits per heavy atom. The van der Waals surface area contributed by atoms with E-state index < -0.39 is 23.3 Å². The molecule has 1 aromatic heterocycles. The normalized spacial score (nSPS) is 19.4. The van der Waals surface area contributed by atoms with E-state index >= 15 is 0 Å². The van der Waals surface area contributed by atoms with Crippen LogP contribution in [0.2, 0.25) is 5.02 Å². The first-order valence-electron chi connectivity index (χ1n) is 18.7. The number of amides is 4. The van der Waals surface area contributed by atoms with Crippen LogP contribution in [0.25, 0.3) is 0 Å². The monoisotopic (exact) mass is 802 g/mol. The largest absolute Gasteiger partial charge is 0.493 e. The molecular formula is C40H44ClFN8O5S. The molecule has 3 fully saturated rings. The first-order chi connectivity index (χ1) is 26.7. The molecule has 2 atom stereocenters. The number of nitrogens with zero attached hydrogens (tertiary/aromatic N) is 5. The number of hydrogen-bond donors (Lipinski definition) is 3.